The molecule has 3 aromatic carbocycles. The van der Waals surface area contributed by atoms with Gasteiger partial charge in [0, 0.05) is 59.9 Å². The number of esters is 1. The molecule has 0 amide bonds. The highest BCUT2D eigenvalue weighted by Crippen LogP contribution is 2.37. The molecule has 4 aromatic rings. The van der Waals surface area contributed by atoms with Gasteiger partial charge in [0.1, 0.15) is 22.4 Å². The van der Waals surface area contributed by atoms with E-state index in [1.54, 1.807) is 25.6 Å². The zero-order valence-corrected chi connectivity index (χ0v) is 27.7. The number of aryl methyl sites for hydroxylation is 1. The number of ether oxygens (including phenoxy) is 2. The summed E-state index contributed by atoms with van der Waals surface area (Å²) >= 11 is 3.04. The van der Waals surface area contributed by atoms with Crippen LogP contribution >= 0.6 is 23.1 Å². The average Bonchev–Trinajstić information content (AvgIpc) is 3.44. The number of nitrogens with zero attached hydrogens (tertiary/aromatic N) is 3. The van der Waals surface area contributed by atoms with Crippen molar-refractivity contribution in [2.24, 2.45) is 0 Å². The minimum atomic E-state index is -4.43. The lowest BCUT2D eigenvalue weighted by molar-refractivity contribution is -0.150. The molecule has 0 saturated carbocycles. The Hall–Kier alpha value is -3.68. The van der Waals surface area contributed by atoms with Crippen LogP contribution in [0, 0.1) is 18.6 Å². The molecule has 0 bridgehead atoms. The van der Waals surface area contributed by atoms with Gasteiger partial charge in [0.2, 0.25) is 0 Å². The van der Waals surface area contributed by atoms with Gasteiger partial charge in [-0.1, -0.05) is 12.1 Å². The molecule has 5 rings (SSSR count). The lowest BCUT2D eigenvalue weighted by Gasteiger charge is -2.36. The van der Waals surface area contributed by atoms with Crippen molar-refractivity contribution in [2.45, 2.75) is 50.2 Å². The third kappa shape index (κ3) is 8.82. The van der Waals surface area contributed by atoms with Crippen LogP contribution in [0.1, 0.15) is 35.5 Å². The van der Waals surface area contributed by atoms with Gasteiger partial charge in [0.25, 0.3) is 0 Å². The number of alkyl halides is 3. The minimum Gasteiger partial charge on any atom is -0.479 e. The third-order valence-electron chi connectivity index (χ3n) is 7.67. The topological polar surface area (TPSA) is 54.9 Å². The van der Waals surface area contributed by atoms with E-state index >= 15 is 0 Å². The van der Waals surface area contributed by atoms with Gasteiger partial charge in [-0.3, -0.25) is 4.90 Å². The molecule has 1 saturated heterocycles. The third-order valence-corrected chi connectivity index (χ3v) is 10.0. The van der Waals surface area contributed by atoms with Gasteiger partial charge in [-0.2, -0.15) is 13.2 Å². The monoisotopic (exact) mass is 691 g/mol. The van der Waals surface area contributed by atoms with Crippen LogP contribution in [0.3, 0.4) is 0 Å². The van der Waals surface area contributed by atoms with Gasteiger partial charge < -0.3 is 14.4 Å². The van der Waals surface area contributed by atoms with E-state index in [-0.39, 0.29) is 6.61 Å². The number of halogens is 5. The molecule has 6 nitrogen and oxygen atoms in total. The summed E-state index contributed by atoms with van der Waals surface area (Å²) < 4.78 is 78.2. The number of hydrogen-bond acceptors (Lipinski definition) is 8. The Labute approximate surface area is 278 Å². The number of rotatable bonds is 11. The summed E-state index contributed by atoms with van der Waals surface area (Å²) in [5.41, 5.74) is 1.94. The summed E-state index contributed by atoms with van der Waals surface area (Å²) in [6.07, 6.45) is -5.17. The summed E-state index contributed by atoms with van der Waals surface area (Å²) in [5, 5.41) is 0.629. The van der Waals surface area contributed by atoms with Gasteiger partial charge >= 0.3 is 12.1 Å². The van der Waals surface area contributed by atoms with E-state index in [0.29, 0.717) is 60.5 Å². The number of benzene rings is 3. The Bertz CT molecular complexity index is 1690. The number of carbonyl (C=O) groups is 1. The van der Waals surface area contributed by atoms with Crippen molar-refractivity contribution in [3.05, 3.63) is 94.0 Å². The van der Waals surface area contributed by atoms with Crippen LogP contribution in [0.2, 0.25) is 0 Å². The maximum atomic E-state index is 14.4. The molecule has 1 atom stereocenters. The molecular formula is C34H34F5N3O3S2. The number of carbonyl (C=O) groups excluding carboxylic acids is 1. The van der Waals surface area contributed by atoms with E-state index in [9.17, 15) is 26.7 Å². The number of piperazine rings is 1. The summed E-state index contributed by atoms with van der Waals surface area (Å²) in [5.74, 6) is -0.492. The molecule has 47 heavy (non-hydrogen) atoms. The van der Waals surface area contributed by atoms with Crippen molar-refractivity contribution in [1.82, 2.24) is 9.88 Å². The summed E-state index contributed by atoms with van der Waals surface area (Å²) in [7, 11) is 0. The maximum absolute atomic E-state index is 14.4. The van der Waals surface area contributed by atoms with Gasteiger partial charge in [0.15, 0.2) is 6.10 Å². The van der Waals surface area contributed by atoms with E-state index in [1.807, 2.05) is 30.0 Å². The number of anilines is 1. The van der Waals surface area contributed by atoms with Crippen LogP contribution in [-0.4, -0.2) is 54.7 Å². The Balaban J connectivity index is 1.31. The van der Waals surface area contributed by atoms with Crippen molar-refractivity contribution in [3.63, 3.8) is 0 Å². The van der Waals surface area contributed by atoms with Crippen LogP contribution in [-0.2, 0) is 28.0 Å². The van der Waals surface area contributed by atoms with Crippen LogP contribution in [0.25, 0.3) is 10.6 Å². The molecule has 1 aromatic heterocycles. The molecule has 0 aliphatic carbocycles. The first-order valence-electron chi connectivity index (χ1n) is 15.1. The van der Waals surface area contributed by atoms with E-state index < -0.39 is 35.4 Å². The molecule has 1 aliphatic heterocycles. The quantitative estimate of drug-likeness (QED) is 0.0891. The minimum absolute atomic E-state index is 0.271. The van der Waals surface area contributed by atoms with Crippen molar-refractivity contribution in [2.75, 3.05) is 37.7 Å². The molecule has 0 spiro atoms. The van der Waals surface area contributed by atoms with Gasteiger partial charge in [-0.25, -0.2) is 18.6 Å². The first kappa shape index (κ1) is 34.6. The summed E-state index contributed by atoms with van der Waals surface area (Å²) in [4.78, 5) is 22.9. The van der Waals surface area contributed by atoms with Crippen LogP contribution in [0.5, 0.6) is 5.75 Å². The van der Waals surface area contributed by atoms with Gasteiger partial charge in [-0.05, 0) is 68.8 Å². The molecule has 1 aliphatic rings. The molecule has 0 N–H and O–H groups in total. The second-order valence-corrected chi connectivity index (χ2v) is 13.2. The SMILES string of the molecule is CCOC(=O)C(C)Oc1ccc(SCc2sc(-c3ccc(C(F)(F)F)cc3)nc2CN2CCN(c3ccc(F)cc3F)CC2)cc1C. The maximum Gasteiger partial charge on any atom is 0.416 e. The van der Waals surface area contributed by atoms with Crippen molar-refractivity contribution in [1.29, 1.82) is 0 Å². The largest absolute Gasteiger partial charge is 0.479 e. The Morgan fingerprint density at radius 2 is 1.74 bits per heavy atom. The zero-order valence-electron chi connectivity index (χ0n) is 26.1. The highest BCUT2D eigenvalue weighted by Gasteiger charge is 2.30. The molecule has 250 valence electrons. The van der Waals surface area contributed by atoms with Gasteiger partial charge in [0.05, 0.1) is 23.6 Å². The fourth-order valence-corrected chi connectivity index (χ4v) is 7.30. The Morgan fingerprint density at radius 1 is 1.02 bits per heavy atom. The highest BCUT2D eigenvalue weighted by molar-refractivity contribution is 7.98. The van der Waals surface area contributed by atoms with E-state index in [1.165, 1.54) is 35.6 Å². The van der Waals surface area contributed by atoms with E-state index in [2.05, 4.69) is 4.90 Å². The number of thiazole rings is 1. The predicted molar refractivity (Wildman–Crippen MR) is 174 cm³/mol. The fraction of sp³-hybridized carbons (Fsp3) is 0.353. The molecule has 1 fully saturated rings. The predicted octanol–water partition coefficient (Wildman–Crippen LogP) is 8.36. The van der Waals surface area contributed by atoms with Crippen molar-refractivity contribution in [3.8, 4) is 16.3 Å². The summed E-state index contributed by atoms with van der Waals surface area (Å²) in [6, 6.07) is 14.3. The van der Waals surface area contributed by atoms with Crippen LogP contribution < -0.4 is 9.64 Å². The van der Waals surface area contributed by atoms with Crippen molar-refractivity contribution >= 4 is 34.8 Å². The van der Waals surface area contributed by atoms with E-state index in [0.717, 1.165) is 39.2 Å². The average molecular weight is 692 g/mol. The Kier molecular flexibility index (Phi) is 11.1. The molecule has 0 radical (unpaired) electrons. The second-order valence-electron chi connectivity index (χ2n) is 11.1. The first-order valence-corrected chi connectivity index (χ1v) is 16.9. The Morgan fingerprint density at radius 3 is 2.38 bits per heavy atom. The number of hydrogen-bond donors (Lipinski definition) is 0. The smallest absolute Gasteiger partial charge is 0.416 e. The van der Waals surface area contributed by atoms with Crippen LogP contribution in [0.15, 0.2) is 65.6 Å². The number of thioether (sulfide) groups is 1. The second kappa shape index (κ2) is 15.0. The van der Waals surface area contributed by atoms with Gasteiger partial charge in [-0.15, -0.1) is 23.1 Å². The highest BCUT2D eigenvalue weighted by atomic mass is 32.2. The zero-order chi connectivity index (χ0) is 33.7. The molecule has 1 unspecified atom stereocenters. The van der Waals surface area contributed by atoms with Crippen molar-refractivity contribution < 1.29 is 36.2 Å². The fourth-order valence-electron chi connectivity index (χ4n) is 5.13. The van der Waals surface area contributed by atoms with Crippen LogP contribution in [0.4, 0.5) is 27.6 Å². The number of aromatic nitrogens is 1. The normalized spacial score (nSPS) is 14.7. The first-order chi connectivity index (χ1) is 22.4. The molecule has 13 heteroatoms. The lowest BCUT2D eigenvalue weighted by atomic mass is 10.1. The lowest BCUT2D eigenvalue weighted by Crippen LogP contribution is -2.46. The summed E-state index contributed by atoms with van der Waals surface area (Å²) in [6.45, 7) is 8.41. The molecule has 2 heterocycles. The standard InChI is InChI=1S/C34H34F5N3O3S2/c1-4-44-33(43)22(3)45-30-12-10-26(17-21(30)2)46-20-31-28(40-32(47-31)23-5-7-24(8-6-23)34(37,38)39)19-41-13-15-42(16-14-41)29-11-9-25(35)18-27(29)36/h5-12,17-18,22H,4,13-16,19-20H2,1-3H3. The molecular weight excluding hydrogens is 658 g/mol. The van der Waals surface area contributed by atoms with E-state index in [4.69, 9.17) is 14.5 Å².